The van der Waals surface area contributed by atoms with Crippen LogP contribution in [0.1, 0.15) is 20.8 Å². The summed E-state index contributed by atoms with van der Waals surface area (Å²) >= 11 is 0. The van der Waals surface area contributed by atoms with Crippen LogP contribution in [0.15, 0.2) is 0 Å². The number of likely N-dealkylation sites (N-methyl/N-ethyl adjacent to an activating group) is 2. The monoisotopic (exact) mass is 213 g/mol. The number of hydrogen-bond acceptors (Lipinski definition) is 3. The Morgan fingerprint density at radius 3 is 2.00 bits per heavy atom. The molecule has 1 amide bonds. The first-order valence-corrected chi connectivity index (χ1v) is 5.87. The second kappa shape index (κ2) is 6.08. The lowest BCUT2D eigenvalue weighted by molar-refractivity contribution is -0.119. The number of rotatable bonds is 3. The van der Waals surface area contributed by atoms with Gasteiger partial charge in [-0.25, -0.2) is 0 Å². The molecule has 4 nitrogen and oxygen atoms in total. The maximum Gasteiger partial charge on any atom is 0.217 e. The Hall–Kier alpha value is -0.610. The van der Waals surface area contributed by atoms with Gasteiger partial charge in [-0.3, -0.25) is 4.79 Å². The highest BCUT2D eigenvalue weighted by molar-refractivity contribution is 5.73. The van der Waals surface area contributed by atoms with Gasteiger partial charge in [0.1, 0.15) is 0 Å². The van der Waals surface area contributed by atoms with Gasteiger partial charge in [0, 0.05) is 33.1 Å². The highest BCUT2D eigenvalue weighted by Gasteiger charge is 2.21. The smallest absolute Gasteiger partial charge is 0.217 e. The zero-order chi connectivity index (χ0) is 11.3. The van der Waals surface area contributed by atoms with Crippen LogP contribution >= 0.6 is 0 Å². The van der Waals surface area contributed by atoms with E-state index in [9.17, 15) is 4.79 Å². The molecule has 88 valence electrons. The van der Waals surface area contributed by atoms with E-state index in [4.69, 9.17) is 0 Å². The van der Waals surface area contributed by atoms with Crippen molar-refractivity contribution < 1.29 is 4.79 Å². The summed E-state index contributed by atoms with van der Waals surface area (Å²) in [6.07, 6.45) is 0. The maximum atomic E-state index is 11.1. The van der Waals surface area contributed by atoms with Crippen LogP contribution in [-0.4, -0.2) is 61.0 Å². The number of carbonyl (C=O) groups is 1. The van der Waals surface area contributed by atoms with Gasteiger partial charge in [-0.1, -0.05) is 13.8 Å². The third-order valence-electron chi connectivity index (χ3n) is 2.99. The molecule has 1 saturated heterocycles. The molecular formula is C11H23N3O. The van der Waals surface area contributed by atoms with Crippen LogP contribution < -0.4 is 5.32 Å². The maximum absolute atomic E-state index is 11.1. The Bertz CT molecular complexity index is 194. The Morgan fingerprint density at radius 1 is 1.20 bits per heavy atom. The highest BCUT2D eigenvalue weighted by atomic mass is 16.1. The van der Waals surface area contributed by atoms with Gasteiger partial charge in [0.15, 0.2) is 0 Å². The Labute approximate surface area is 92.6 Å². The molecule has 15 heavy (non-hydrogen) atoms. The Kier molecular flexibility index (Phi) is 5.05. The van der Waals surface area contributed by atoms with Gasteiger partial charge in [0.05, 0.1) is 6.04 Å². The van der Waals surface area contributed by atoms with Crippen molar-refractivity contribution in [3.05, 3.63) is 0 Å². The van der Waals surface area contributed by atoms with Gasteiger partial charge < -0.3 is 15.1 Å². The third kappa shape index (κ3) is 4.18. The van der Waals surface area contributed by atoms with Crippen LogP contribution in [-0.2, 0) is 4.79 Å². The molecule has 1 heterocycles. The number of amides is 1. The topological polar surface area (TPSA) is 35.6 Å². The molecule has 0 aliphatic carbocycles. The molecular weight excluding hydrogens is 190 g/mol. The van der Waals surface area contributed by atoms with E-state index < -0.39 is 0 Å². The zero-order valence-corrected chi connectivity index (χ0v) is 10.1. The molecule has 0 unspecified atom stereocenters. The second-order valence-corrected chi connectivity index (χ2v) is 4.18. The predicted octanol–water partition coefficient (Wildman–Crippen LogP) is 0.149. The average molecular weight is 213 g/mol. The molecule has 0 aromatic heterocycles. The second-order valence-electron chi connectivity index (χ2n) is 4.18. The predicted molar refractivity (Wildman–Crippen MR) is 61.8 cm³/mol. The van der Waals surface area contributed by atoms with Gasteiger partial charge in [-0.05, 0) is 13.1 Å². The third-order valence-corrected chi connectivity index (χ3v) is 2.99. The van der Waals surface area contributed by atoms with Crippen molar-refractivity contribution in [2.24, 2.45) is 0 Å². The summed E-state index contributed by atoms with van der Waals surface area (Å²) in [4.78, 5) is 15.9. The zero-order valence-electron chi connectivity index (χ0n) is 10.1. The minimum atomic E-state index is 0.0778. The van der Waals surface area contributed by atoms with E-state index in [1.165, 1.54) is 0 Å². The summed E-state index contributed by atoms with van der Waals surface area (Å²) in [6.45, 7) is 12.2. The summed E-state index contributed by atoms with van der Waals surface area (Å²) in [7, 11) is 0. The lowest BCUT2D eigenvalue weighted by atomic mass is 10.2. The molecule has 0 spiro atoms. The number of carbonyl (C=O) groups excluding carboxylic acids is 1. The van der Waals surface area contributed by atoms with E-state index in [2.05, 4.69) is 29.0 Å². The number of nitrogens with zero attached hydrogens (tertiary/aromatic N) is 2. The van der Waals surface area contributed by atoms with Crippen LogP contribution in [0.3, 0.4) is 0 Å². The van der Waals surface area contributed by atoms with Crippen molar-refractivity contribution in [3.8, 4) is 0 Å². The molecule has 1 N–H and O–H groups in total. The molecule has 0 aromatic carbocycles. The normalized spacial score (nSPS) is 21.3. The minimum Gasteiger partial charge on any atom is -0.351 e. The van der Waals surface area contributed by atoms with Crippen molar-refractivity contribution in [2.75, 3.05) is 39.3 Å². The quantitative estimate of drug-likeness (QED) is 0.725. The first-order chi connectivity index (χ1) is 7.15. The van der Waals surface area contributed by atoms with Crippen LogP contribution in [0.25, 0.3) is 0 Å². The fourth-order valence-corrected chi connectivity index (χ4v) is 2.10. The average Bonchev–Trinajstić information content (AvgIpc) is 2.39. The molecule has 0 saturated carbocycles. The molecule has 1 rings (SSSR count). The van der Waals surface area contributed by atoms with Crippen LogP contribution in [0.4, 0.5) is 0 Å². The largest absolute Gasteiger partial charge is 0.351 e. The van der Waals surface area contributed by atoms with E-state index >= 15 is 0 Å². The first-order valence-electron chi connectivity index (χ1n) is 5.87. The fraction of sp³-hybridized carbons (Fsp3) is 0.909. The Morgan fingerprint density at radius 2 is 1.67 bits per heavy atom. The molecule has 1 aliphatic rings. The van der Waals surface area contributed by atoms with Crippen molar-refractivity contribution in [1.82, 2.24) is 15.1 Å². The van der Waals surface area contributed by atoms with Gasteiger partial charge in [-0.2, -0.15) is 0 Å². The fourth-order valence-electron chi connectivity index (χ4n) is 2.10. The van der Waals surface area contributed by atoms with Crippen LogP contribution in [0.5, 0.6) is 0 Å². The molecule has 0 radical (unpaired) electrons. The Balaban J connectivity index is 2.54. The van der Waals surface area contributed by atoms with E-state index in [0.29, 0.717) is 0 Å². The van der Waals surface area contributed by atoms with Gasteiger partial charge >= 0.3 is 0 Å². The van der Waals surface area contributed by atoms with E-state index in [1.807, 2.05) is 0 Å². The first kappa shape index (κ1) is 12.5. The van der Waals surface area contributed by atoms with Crippen molar-refractivity contribution >= 4 is 5.91 Å². The lowest BCUT2D eigenvalue weighted by Gasteiger charge is -2.23. The summed E-state index contributed by atoms with van der Waals surface area (Å²) in [5.74, 6) is 0.0778. The molecule has 0 bridgehead atoms. The van der Waals surface area contributed by atoms with Crippen LogP contribution in [0.2, 0.25) is 0 Å². The standard InChI is InChI=1S/C11H23N3O/c1-4-13-6-7-14(5-2)9-11(8-13)12-10(3)15/h11H,4-9H2,1-3H3,(H,12,15). The van der Waals surface area contributed by atoms with Crippen molar-refractivity contribution in [1.29, 1.82) is 0 Å². The van der Waals surface area contributed by atoms with Gasteiger partial charge in [-0.15, -0.1) is 0 Å². The van der Waals surface area contributed by atoms with E-state index in [-0.39, 0.29) is 11.9 Å². The lowest BCUT2D eigenvalue weighted by Crippen LogP contribution is -2.45. The van der Waals surface area contributed by atoms with Crippen molar-refractivity contribution in [3.63, 3.8) is 0 Å². The minimum absolute atomic E-state index is 0.0778. The summed E-state index contributed by atoms with van der Waals surface area (Å²) in [6, 6.07) is 0.282. The molecule has 1 fully saturated rings. The summed E-state index contributed by atoms with van der Waals surface area (Å²) < 4.78 is 0. The van der Waals surface area contributed by atoms with E-state index in [1.54, 1.807) is 6.92 Å². The van der Waals surface area contributed by atoms with Gasteiger partial charge in [0.25, 0.3) is 0 Å². The molecule has 0 atom stereocenters. The molecule has 4 heteroatoms. The van der Waals surface area contributed by atoms with Crippen LogP contribution in [0, 0.1) is 0 Å². The highest BCUT2D eigenvalue weighted by Crippen LogP contribution is 2.03. The van der Waals surface area contributed by atoms with E-state index in [0.717, 1.165) is 39.3 Å². The number of hydrogen-bond donors (Lipinski definition) is 1. The number of nitrogens with one attached hydrogen (secondary N) is 1. The molecule has 0 aromatic rings. The molecule has 1 aliphatic heterocycles. The summed E-state index contributed by atoms with van der Waals surface area (Å²) in [5, 5.41) is 3.03. The van der Waals surface area contributed by atoms with Gasteiger partial charge in [0.2, 0.25) is 5.91 Å². The SMILES string of the molecule is CCN1CCN(CC)CC(NC(C)=O)C1. The summed E-state index contributed by atoms with van der Waals surface area (Å²) in [5.41, 5.74) is 0. The van der Waals surface area contributed by atoms with Crippen molar-refractivity contribution in [2.45, 2.75) is 26.8 Å².